The largest absolute Gasteiger partial charge is 0.488 e. The van der Waals surface area contributed by atoms with Gasteiger partial charge < -0.3 is 10.5 Å². The van der Waals surface area contributed by atoms with Gasteiger partial charge >= 0.3 is 0 Å². The molecule has 0 aromatic heterocycles. The Bertz CT molecular complexity index is 741. The van der Waals surface area contributed by atoms with Crippen molar-refractivity contribution in [3.05, 3.63) is 70.7 Å². The topological polar surface area (TPSA) is 35.2 Å². The molecule has 0 aliphatic heterocycles. The molecule has 0 saturated carbocycles. The lowest BCUT2D eigenvalue weighted by Crippen LogP contribution is -1.97. The number of nitrogens with two attached hydrogens (primary N) is 1. The van der Waals surface area contributed by atoms with E-state index in [2.05, 4.69) is 28.1 Å². The molecule has 3 heteroatoms. The summed E-state index contributed by atoms with van der Waals surface area (Å²) in [6, 6.07) is 20.0. The lowest BCUT2D eigenvalue weighted by atomic mass is 10.1. The predicted octanol–water partition coefficient (Wildman–Crippen LogP) is 4.76. The summed E-state index contributed by atoms with van der Waals surface area (Å²) in [6.45, 7) is 0.543. The van der Waals surface area contributed by atoms with Gasteiger partial charge in [0, 0.05) is 15.2 Å². The van der Waals surface area contributed by atoms with Gasteiger partial charge in [-0.25, -0.2) is 0 Å². The number of fused-ring (bicyclic) bond motifs is 1. The highest BCUT2D eigenvalue weighted by Gasteiger charge is 2.09. The zero-order valence-corrected chi connectivity index (χ0v) is 12.4. The van der Waals surface area contributed by atoms with Gasteiger partial charge in [-0.3, -0.25) is 0 Å². The molecule has 0 aliphatic carbocycles. The molecule has 0 unspecified atom stereocenters. The van der Waals surface area contributed by atoms with E-state index in [0.717, 1.165) is 32.2 Å². The third kappa shape index (κ3) is 2.49. The second-order valence-electron chi connectivity index (χ2n) is 4.59. The number of nitrogen functional groups attached to an aromatic ring is 1. The van der Waals surface area contributed by atoms with E-state index < -0.39 is 0 Å². The molecule has 3 rings (SSSR count). The van der Waals surface area contributed by atoms with E-state index in [1.165, 1.54) is 0 Å². The maximum atomic E-state index is 6.09. The van der Waals surface area contributed by atoms with Crippen molar-refractivity contribution in [3.8, 4) is 5.75 Å². The summed E-state index contributed by atoms with van der Waals surface area (Å²) in [5, 5.41) is 2.04. The third-order valence-corrected chi connectivity index (χ3v) is 3.89. The van der Waals surface area contributed by atoms with Crippen molar-refractivity contribution in [1.29, 1.82) is 0 Å². The number of rotatable bonds is 3. The van der Waals surface area contributed by atoms with Gasteiger partial charge in [-0.1, -0.05) is 54.6 Å². The fraction of sp³-hybridized carbons (Fsp3) is 0.0588. The van der Waals surface area contributed by atoms with Crippen LogP contribution >= 0.6 is 15.9 Å². The van der Waals surface area contributed by atoms with Gasteiger partial charge in [0.2, 0.25) is 0 Å². The lowest BCUT2D eigenvalue weighted by Gasteiger charge is -2.12. The Hall–Kier alpha value is -2.00. The van der Waals surface area contributed by atoms with E-state index in [1.54, 1.807) is 0 Å². The average molecular weight is 328 g/mol. The molecular formula is C17H14BrNO. The van der Waals surface area contributed by atoms with E-state index in [4.69, 9.17) is 10.5 Å². The van der Waals surface area contributed by atoms with Crippen LogP contribution in [0.3, 0.4) is 0 Å². The third-order valence-electron chi connectivity index (χ3n) is 3.23. The van der Waals surface area contributed by atoms with Crippen LogP contribution in [0.1, 0.15) is 5.56 Å². The minimum atomic E-state index is 0.543. The fourth-order valence-corrected chi connectivity index (χ4v) is 2.61. The normalized spacial score (nSPS) is 10.7. The number of hydrogen-bond donors (Lipinski definition) is 1. The molecule has 0 radical (unpaired) electrons. The summed E-state index contributed by atoms with van der Waals surface area (Å²) in [7, 11) is 0. The fourth-order valence-electron chi connectivity index (χ4n) is 2.19. The Labute approximate surface area is 126 Å². The van der Waals surface area contributed by atoms with Crippen LogP contribution in [-0.4, -0.2) is 0 Å². The van der Waals surface area contributed by atoms with E-state index in [0.29, 0.717) is 6.61 Å². The summed E-state index contributed by atoms with van der Waals surface area (Å²) < 4.78 is 6.82. The molecule has 100 valence electrons. The van der Waals surface area contributed by atoms with Gasteiger partial charge in [-0.15, -0.1) is 0 Å². The van der Waals surface area contributed by atoms with E-state index in [9.17, 15) is 0 Å². The van der Waals surface area contributed by atoms with Crippen LogP contribution in [0.5, 0.6) is 5.75 Å². The Balaban J connectivity index is 1.97. The second kappa shape index (κ2) is 5.55. The van der Waals surface area contributed by atoms with Crippen molar-refractivity contribution >= 4 is 32.4 Å². The Kier molecular flexibility index (Phi) is 3.61. The van der Waals surface area contributed by atoms with Gasteiger partial charge in [0.05, 0.1) is 5.69 Å². The van der Waals surface area contributed by atoms with Crippen molar-refractivity contribution in [2.75, 3.05) is 5.73 Å². The Morgan fingerprint density at radius 1 is 0.900 bits per heavy atom. The zero-order valence-electron chi connectivity index (χ0n) is 10.8. The molecule has 2 nitrogen and oxygen atoms in total. The quantitative estimate of drug-likeness (QED) is 0.703. The SMILES string of the molecule is Nc1c(Br)cc(OCc2ccccc2)c2ccccc12. The molecule has 0 spiro atoms. The van der Waals surface area contributed by atoms with Crippen molar-refractivity contribution in [3.63, 3.8) is 0 Å². The van der Waals surface area contributed by atoms with Crippen LogP contribution in [0, 0.1) is 0 Å². The van der Waals surface area contributed by atoms with Crippen LogP contribution in [0.4, 0.5) is 5.69 Å². The summed E-state index contributed by atoms with van der Waals surface area (Å²) in [5.41, 5.74) is 7.98. The second-order valence-corrected chi connectivity index (χ2v) is 5.44. The van der Waals surface area contributed by atoms with Crippen LogP contribution < -0.4 is 10.5 Å². The minimum Gasteiger partial charge on any atom is -0.488 e. The van der Waals surface area contributed by atoms with Crippen LogP contribution in [0.25, 0.3) is 10.8 Å². The van der Waals surface area contributed by atoms with E-state index in [-0.39, 0.29) is 0 Å². The molecule has 0 saturated heterocycles. The first-order valence-corrected chi connectivity index (χ1v) is 7.18. The van der Waals surface area contributed by atoms with Crippen molar-refractivity contribution in [2.24, 2.45) is 0 Å². The zero-order chi connectivity index (χ0) is 13.9. The van der Waals surface area contributed by atoms with Crippen LogP contribution in [-0.2, 0) is 6.61 Å². The maximum absolute atomic E-state index is 6.09. The van der Waals surface area contributed by atoms with Crippen molar-refractivity contribution in [1.82, 2.24) is 0 Å². The highest BCUT2D eigenvalue weighted by molar-refractivity contribution is 9.10. The number of hydrogen-bond acceptors (Lipinski definition) is 2. The van der Waals surface area contributed by atoms with Gasteiger partial charge in [-0.2, -0.15) is 0 Å². The molecule has 0 fully saturated rings. The molecule has 2 N–H and O–H groups in total. The molecule has 0 bridgehead atoms. The maximum Gasteiger partial charge on any atom is 0.128 e. The molecule has 3 aromatic carbocycles. The predicted molar refractivity (Wildman–Crippen MR) is 86.8 cm³/mol. The summed E-state index contributed by atoms with van der Waals surface area (Å²) >= 11 is 3.49. The van der Waals surface area contributed by atoms with Crippen LogP contribution in [0.15, 0.2) is 65.1 Å². The summed E-state index contributed by atoms with van der Waals surface area (Å²) in [4.78, 5) is 0. The molecule has 3 aromatic rings. The van der Waals surface area contributed by atoms with Gasteiger partial charge in [0.15, 0.2) is 0 Å². The average Bonchev–Trinajstić information content (AvgIpc) is 2.50. The molecule has 0 amide bonds. The summed E-state index contributed by atoms with van der Waals surface area (Å²) in [6.07, 6.45) is 0. The van der Waals surface area contributed by atoms with E-state index >= 15 is 0 Å². The highest BCUT2D eigenvalue weighted by Crippen LogP contribution is 2.36. The molecular weight excluding hydrogens is 314 g/mol. The van der Waals surface area contributed by atoms with Gasteiger partial charge in [0.1, 0.15) is 12.4 Å². The van der Waals surface area contributed by atoms with E-state index in [1.807, 2.05) is 48.5 Å². The minimum absolute atomic E-state index is 0.543. The first-order chi connectivity index (χ1) is 9.75. The number of benzene rings is 3. The molecule has 0 aliphatic rings. The number of ether oxygens (including phenoxy) is 1. The smallest absolute Gasteiger partial charge is 0.128 e. The first kappa shape index (κ1) is 13.0. The first-order valence-electron chi connectivity index (χ1n) is 6.39. The van der Waals surface area contributed by atoms with Crippen LogP contribution in [0.2, 0.25) is 0 Å². The molecule has 0 heterocycles. The monoisotopic (exact) mass is 327 g/mol. The molecule has 0 atom stereocenters. The van der Waals surface area contributed by atoms with Crippen molar-refractivity contribution < 1.29 is 4.74 Å². The van der Waals surface area contributed by atoms with Gasteiger partial charge in [0.25, 0.3) is 0 Å². The molecule has 20 heavy (non-hydrogen) atoms. The number of halogens is 1. The standard InChI is InChI=1S/C17H14BrNO/c18-15-10-16(20-11-12-6-2-1-3-7-12)13-8-4-5-9-14(13)17(15)19/h1-10H,11,19H2. The van der Waals surface area contributed by atoms with Crippen molar-refractivity contribution in [2.45, 2.75) is 6.61 Å². The summed E-state index contributed by atoms with van der Waals surface area (Å²) in [5.74, 6) is 0.838. The highest BCUT2D eigenvalue weighted by atomic mass is 79.9. The Morgan fingerprint density at radius 3 is 2.30 bits per heavy atom. The van der Waals surface area contributed by atoms with Gasteiger partial charge in [-0.05, 0) is 27.6 Å². The number of anilines is 1. The lowest BCUT2D eigenvalue weighted by molar-refractivity contribution is 0.310. The Morgan fingerprint density at radius 2 is 1.55 bits per heavy atom.